The quantitative estimate of drug-likeness (QED) is 0.545. The first kappa shape index (κ1) is 19.9. The second-order valence-corrected chi connectivity index (χ2v) is 6.58. The molecule has 0 aliphatic heterocycles. The van der Waals surface area contributed by atoms with Crippen LogP contribution in [-0.2, 0) is 19.7 Å². The highest BCUT2D eigenvalue weighted by Crippen LogP contribution is 2.34. The number of benzene rings is 2. The maximum absolute atomic E-state index is 6.49. The summed E-state index contributed by atoms with van der Waals surface area (Å²) in [4.78, 5) is 0. The number of aromatic nitrogens is 4. The molecule has 1 aromatic heterocycles. The number of rotatable bonds is 10. The Balaban J connectivity index is 1.73. The van der Waals surface area contributed by atoms with Crippen LogP contribution in [0.15, 0.2) is 42.5 Å². The van der Waals surface area contributed by atoms with Crippen molar-refractivity contribution in [1.82, 2.24) is 20.2 Å². The van der Waals surface area contributed by atoms with E-state index in [0.29, 0.717) is 42.2 Å². The van der Waals surface area contributed by atoms with Crippen molar-refractivity contribution >= 4 is 17.5 Å². The number of halogens is 1. The number of nitrogens with one attached hydrogen (secondary N) is 1. The third-order valence-electron chi connectivity index (χ3n) is 4.05. The molecule has 0 aliphatic rings. The summed E-state index contributed by atoms with van der Waals surface area (Å²) < 4.78 is 13.4. The molecule has 148 valence electrons. The molecule has 0 radical (unpaired) electrons. The van der Waals surface area contributed by atoms with Crippen molar-refractivity contribution < 1.29 is 9.47 Å². The number of ether oxygens (including phenoxy) is 2. The molecule has 1 heterocycles. The van der Waals surface area contributed by atoms with Gasteiger partial charge in [-0.2, -0.15) is 0 Å². The van der Waals surface area contributed by atoms with Gasteiger partial charge in [0, 0.05) is 24.2 Å². The van der Waals surface area contributed by atoms with Crippen molar-refractivity contribution in [2.24, 2.45) is 0 Å². The Bertz CT molecular complexity index is 886. The van der Waals surface area contributed by atoms with Crippen molar-refractivity contribution in [2.45, 2.75) is 40.0 Å². The van der Waals surface area contributed by atoms with Gasteiger partial charge in [-0.05, 0) is 41.0 Å². The molecule has 0 atom stereocenters. The van der Waals surface area contributed by atoms with E-state index >= 15 is 0 Å². The Kier molecular flexibility index (Phi) is 7.08. The Labute approximate surface area is 169 Å². The summed E-state index contributed by atoms with van der Waals surface area (Å²) in [6, 6.07) is 13.7. The topological polar surface area (TPSA) is 74.1 Å². The van der Waals surface area contributed by atoms with E-state index in [4.69, 9.17) is 21.1 Å². The lowest BCUT2D eigenvalue weighted by Crippen LogP contribution is -2.09. The lowest BCUT2D eigenvalue weighted by Gasteiger charge is -2.15. The van der Waals surface area contributed by atoms with Crippen LogP contribution >= 0.6 is 11.6 Å². The van der Waals surface area contributed by atoms with Gasteiger partial charge in [-0.15, -0.1) is 0 Å². The van der Waals surface area contributed by atoms with Crippen molar-refractivity contribution in [3.63, 3.8) is 0 Å². The van der Waals surface area contributed by atoms with E-state index in [1.54, 1.807) is 10.7 Å². The van der Waals surface area contributed by atoms with Crippen LogP contribution < -0.4 is 14.8 Å². The number of anilines is 1. The molecule has 0 saturated heterocycles. The minimum Gasteiger partial charge on any atom is -0.490 e. The third-order valence-corrected chi connectivity index (χ3v) is 4.41. The Morgan fingerprint density at radius 1 is 1.07 bits per heavy atom. The Hall–Kier alpha value is -2.80. The first-order valence-corrected chi connectivity index (χ1v) is 9.71. The summed E-state index contributed by atoms with van der Waals surface area (Å²) >= 11 is 6.49. The molecule has 3 aromatic rings. The lowest BCUT2D eigenvalue weighted by atomic mass is 10.2. The van der Waals surface area contributed by atoms with Crippen molar-refractivity contribution in [3.8, 4) is 11.5 Å². The Morgan fingerprint density at radius 3 is 2.61 bits per heavy atom. The fraction of sp³-hybridized carbons (Fsp3) is 0.350. The van der Waals surface area contributed by atoms with Crippen LogP contribution in [0.5, 0.6) is 11.5 Å². The zero-order valence-corrected chi connectivity index (χ0v) is 16.8. The van der Waals surface area contributed by atoms with E-state index < -0.39 is 0 Å². The van der Waals surface area contributed by atoms with Gasteiger partial charge in [0.05, 0.1) is 6.61 Å². The van der Waals surface area contributed by atoms with E-state index in [2.05, 4.69) is 27.8 Å². The number of aryl methyl sites for hydroxylation is 1. The monoisotopic (exact) mass is 401 g/mol. The summed E-state index contributed by atoms with van der Waals surface area (Å²) in [5.41, 5.74) is 1.96. The fourth-order valence-corrected chi connectivity index (χ4v) is 2.92. The molecule has 1 N–H and O–H groups in total. The van der Waals surface area contributed by atoms with Crippen molar-refractivity contribution in [3.05, 3.63) is 58.6 Å². The van der Waals surface area contributed by atoms with E-state index in [0.717, 1.165) is 24.1 Å². The zero-order chi connectivity index (χ0) is 19.8. The van der Waals surface area contributed by atoms with Gasteiger partial charge >= 0.3 is 0 Å². The van der Waals surface area contributed by atoms with Crippen molar-refractivity contribution in [1.29, 1.82) is 0 Å². The summed E-state index contributed by atoms with van der Waals surface area (Å²) in [5.74, 6) is 1.89. The van der Waals surface area contributed by atoms with Crippen LogP contribution in [-0.4, -0.2) is 26.8 Å². The summed E-state index contributed by atoms with van der Waals surface area (Å²) in [7, 11) is 0. The number of tetrazole rings is 1. The second-order valence-electron chi connectivity index (χ2n) is 6.18. The molecule has 28 heavy (non-hydrogen) atoms. The van der Waals surface area contributed by atoms with Crippen molar-refractivity contribution in [2.75, 3.05) is 11.9 Å². The zero-order valence-electron chi connectivity index (χ0n) is 16.1. The van der Waals surface area contributed by atoms with Gasteiger partial charge in [-0.3, -0.25) is 0 Å². The molecule has 0 aliphatic carbocycles. The molecular formula is C20H24ClN5O2. The first-order valence-electron chi connectivity index (χ1n) is 9.33. The van der Waals surface area contributed by atoms with Crippen LogP contribution in [0.1, 0.15) is 31.4 Å². The molecule has 7 nitrogen and oxygen atoms in total. The molecular weight excluding hydrogens is 378 g/mol. The maximum Gasteiger partial charge on any atom is 0.243 e. The molecule has 3 rings (SSSR count). The third kappa shape index (κ3) is 5.13. The number of hydrogen-bond donors (Lipinski definition) is 1. The van der Waals surface area contributed by atoms with Gasteiger partial charge in [-0.25, -0.2) is 4.68 Å². The molecule has 2 aromatic carbocycles. The molecule has 0 saturated carbocycles. The Morgan fingerprint density at radius 2 is 1.86 bits per heavy atom. The predicted molar refractivity (Wildman–Crippen MR) is 109 cm³/mol. The summed E-state index contributed by atoms with van der Waals surface area (Å²) in [6.45, 7) is 6.21. The predicted octanol–water partition coefficient (Wildman–Crippen LogP) is 4.33. The van der Waals surface area contributed by atoms with E-state index in [1.807, 2.05) is 43.3 Å². The average molecular weight is 402 g/mol. The highest BCUT2D eigenvalue weighted by molar-refractivity contribution is 6.31. The van der Waals surface area contributed by atoms with E-state index in [9.17, 15) is 0 Å². The van der Waals surface area contributed by atoms with Gasteiger partial charge in [0.25, 0.3) is 0 Å². The average Bonchev–Trinajstić information content (AvgIpc) is 3.15. The van der Waals surface area contributed by atoms with Crippen LogP contribution in [0.25, 0.3) is 0 Å². The first-order chi connectivity index (χ1) is 13.7. The molecule has 0 bridgehead atoms. The largest absolute Gasteiger partial charge is 0.490 e. The van der Waals surface area contributed by atoms with Gasteiger partial charge in [0.1, 0.15) is 6.61 Å². The maximum atomic E-state index is 6.49. The van der Waals surface area contributed by atoms with Crippen LogP contribution in [0, 0.1) is 0 Å². The molecule has 8 heteroatoms. The molecule has 0 unspecified atom stereocenters. The number of nitrogens with zero attached hydrogens (tertiary/aromatic N) is 4. The highest BCUT2D eigenvalue weighted by Gasteiger charge is 2.13. The standard InChI is InChI=1S/C20H24ClN5O2/c1-3-10-26-20(23-24-25-26)22-13-16-11-18(27-4-2)19(12-17(16)21)28-14-15-8-6-5-7-9-15/h5-9,11-12H,3-4,10,13-14H2,1-2H3,(H,22,23,25). The van der Waals surface area contributed by atoms with E-state index in [1.165, 1.54) is 0 Å². The van der Waals surface area contributed by atoms with Crippen LogP contribution in [0.3, 0.4) is 0 Å². The molecule has 0 fully saturated rings. The summed E-state index contributed by atoms with van der Waals surface area (Å²) in [5, 5.41) is 15.5. The SMILES string of the molecule is CCCn1nnnc1NCc1cc(OCC)c(OCc2ccccc2)cc1Cl. The van der Waals surface area contributed by atoms with Gasteiger partial charge in [0.15, 0.2) is 11.5 Å². The molecule has 0 spiro atoms. The highest BCUT2D eigenvalue weighted by atomic mass is 35.5. The summed E-state index contributed by atoms with van der Waals surface area (Å²) in [6.07, 6.45) is 0.947. The van der Waals surface area contributed by atoms with Gasteiger partial charge in [0.2, 0.25) is 5.95 Å². The second kappa shape index (κ2) is 9.94. The molecule has 0 amide bonds. The minimum absolute atomic E-state index is 0.445. The normalized spacial score (nSPS) is 10.7. The van der Waals surface area contributed by atoms with Crippen LogP contribution in [0.4, 0.5) is 5.95 Å². The lowest BCUT2D eigenvalue weighted by molar-refractivity contribution is 0.269. The van der Waals surface area contributed by atoms with Gasteiger partial charge in [-0.1, -0.05) is 54.0 Å². The van der Waals surface area contributed by atoms with Crippen LogP contribution in [0.2, 0.25) is 5.02 Å². The smallest absolute Gasteiger partial charge is 0.243 e. The van der Waals surface area contributed by atoms with E-state index in [-0.39, 0.29) is 0 Å². The van der Waals surface area contributed by atoms with Gasteiger partial charge < -0.3 is 14.8 Å². The number of hydrogen-bond acceptors (Lipinski definition) is 6. The minimum atomic E-state index is 0.445. The fourth-order valence-electron chi connectivity index (χ4n) is 2.70.